The van der Waals surface area contributed by atoms with E-state index in [1.54, 1.807) is 0 Å². The van der Waals surface area contributed by atoms with Crippen LogP contribution in [0, 0.1) is 5.41 Å². The first-order chi connectivity index (χ1) is 10.8. The average Bonchev–Trinajstić information content (AvgIpc) is 2.34. The number of sulfonamides is 1. The zero-order valence-corrected chi connectivity index (χ0v) is 17.3. The quantitative estimate of drug-likeness (QED) is 0.637. The van der Waals surface area contributed by atoms with Gasteiger partial charge in [0, 0.05) is 22.2 Å². The summed E-state index contributed by atoms with van der Waals surface area (Å²) < 4.78 is 33.4. The van der Waals surface area contributed by atoms with Crippen molar-refractivity contribution in [3.63, 3.8) is 0 Å². The van der Waals surface area contributed by atoms with Gasteiger partial charge in [-0.05, 0) is 50.3 Å². The Morgan fingerprint density at radius 1 is 1.04 bits per heavy atom. The molecule has 7 heteroatoms. The summed E-state index contributed by atoms with van der Waals surface area (Å²) in [6.45, 7) is 11.3. The number of hydrogen-bond donors (Lipinski definition) is 1. The minimum Gasteiger partial charge on any atom is -0.381 e. The van der Waals surface area contributed by atoms with Crippen LogP contribution < -0.4 is 4.72 Å². The molecule has 0 saturated carbocycles. The highest BCUT2D eigenvalue weighted by Crippen LogP contribution is 2.24. The third kappa shape index (κ3) is 8.17. The molecular formula is C17H27Cl2NO3S. The largest absolute Gasteiger partial charge is 0.381 e. The van der Waals surface area contributed by atoms with Crippen molar-refractivity contribution in [2.24, 2.45) is 5.41 Å². The maximum atomic E-state index is 12.5. The van der Waals surface area contributed by atoms with E-state index in [0.717, 1.165) is 6.42 Å². The molecule has 138 valence electrons. The van der Waals surface area contributed by atoms with Crippen LogP contribution in [0.3, 0.4) is 0 Å². The predicted octanol–water partition coefficient (Wildman–Crippen LogP) is 4.89. The fraction of sp³-hybridized carbons (Fsp3) is 0.647. The van der Waals surface area contributed by atoms with E-state index in [-0.39, 0.29) is 20.4 Å². The fourth-order valence-corrected chi connectivity index (χ4v) is 4.32. The van der Waals surface area contributed by atoms with Gasteiger partial charge in [0.2, 0.25) is 10.0 Å². The smallest absolute Gasteiger partial charge is 0.241 e. The molecule has 0 saturated heterocycles. The topological polar surface area (TPSA) is 55.4 Å². The fourth-order valence-electron chi connectivity index (χ4n) is 2.15. The van der Waals surface area contributed by atoms with Crippen LogP contribution in [-0.4, -0.2) is 27.2 Å². The highest BCUT2D eigenvalue weighted by molar-refractivity contribution is 7.89. The minimum atomic E-state index is -3.69. The van der Waals surface area contributed by atoms with E-state index in [0.29, 0.717) is 19.6 Å². The maximum Gasteiger partial charge on any atom is 0.241 e. The lowest BCUT2D eigenvalue weighted by molar-refractivity contribution is 0.0664. The Morgan fingerprint density at radius 3 is 2.08 bits per heavy atom. The van der Waals surface area contributed by atoms with Gasteiger partial charge in [-0.15, -0.1) is 0 Å². The van der Waals surface area contributed by atoms with Crippen LogP contribution in [0.4, 0.5) is 0 Å². The highest BCUT2D eigenvalue weighted by atomic mass is 35.5. The summed E-state index contributed by atoms with van der Waals surface area (Å²) in [5.74, 6) is 0. The zero-order chi connectivity index (χ0) is 18.6. The Kier molecular flexibility index (Phi) is 7.57. The molecule has 0 spiro atoms. The Morgan fingerprint density at radius 2 is 1.58 bits per heavy atom. The Bertz CT molecular complexity index is 632. The van der Waals surface area contributed by atoms with E-state index in [1.165, 1.54) is 18.2 Å². The van der Waals surface area contributed by atoms with Gasteiger partial charge < -0.3 is 4.74 Å². The molecule has 0 aliphatic carbocycles. The normalized spacial score (nSPS) is 13.3. The lowest BCUT2D eigenvalue weighted by Crippen LogP contribution is -2.43. The van der Waals surface area contributed by atoms with Crippen molar-refractivity contribution in [1.29, 1.82) is 0 Å². The number of hydrogen-bond acceptors (Lipinski definition) is 3. The monoisotopic (exact) mass is 395 g/mol. The van der Waals surface area contributed by atoms with Gasteiger partial charge in [-0.3, -0.25) is 0 Å². The van der Waals surface area contributed by atoms with Gasteiger partial charge in [0.15, 0.2) is 0 Å². The second-order valence-corrected chi connectivity index (χ2v) is 10.4. The van der Waals surface area contributed by atoms with Crippen molar-refractivity contribution < 1.29 is 13.2 Å². The van der Waals surface area contributed by atoms with Crippen molar-refractivity contribution in [1.82, 2.24) is 4.72 Å². The third-order valence-electron chi connectivity index (χ3n) is 3.18. The Labute approximate surface area is 155 Å². The molecule has 24 heavy (non-hydrogen) atoms. The van der Waals surface area contributed by atoms with Crippen molar-refractivity contribution in [3.05, 3.63) is 28.2 Å². The van der Waals surface area contributed by atoms with Crippen molar-refractivity contribution in [2.45, 2.75) is 57.9 Å². The standard InChI is InChI=1S/C17H27Cl2NO3S/c1-16(2,3)12-23-8-6-7-17(4,5)20-24(21,22)15-10-13(18)9-14(19)11-15/h9-11,20H,6-8,12H2,1-5H3. The van der Waals surface area contributed by atoms with Crippen LogP contribution >= 0.6 is 23.2 Å². The molecule has 4 nitrogen and oxygen atoms in total. The first kappa shape index (κ1) is 21.7. The van der Waals surface area contributed by atoms with Gasteiger partial charge in [-0.2, -0.15) is 0 Å². The lowest BCUT2D eigenvalue weighted by Gasteiger charge is -2.26. The summed E-state index contributed by atoms with van der Waals surface area (Å²) in [6, 6.07) is 4.27. The van der Waals surface area contributed by atoms with Gasteiger partial charge in [-0.25, -0.2) is 13.1 Å². The number of ether oxygens (including phenoxy) is 1. The number of nitrogens with one attached hydrogen (secondary N) is 1. The molecule has 0 amide bonds. The van der Waals surface area contributed by atoms with Crippen LogP contribution in [-0.2, 0) is 14.8 Å². The molecule has 0 fully saturated rings. The molecule has 0 bridgehead atoms. The van der Waals surface area contributed by atoms with E-state index in [1.807, 2.05) is 13.8 Å². The molecule has 1 rings (SSSR count). The third-order valence-corrected chi connectivity index (χ3v) is 5.30. The Balaban J connectivity index is 2.61. The minimum absolute atomic E-state index is 0.0667. The maximum absolute atomic E-state index is 12.5. The van der Waals surface area contributed by atoms with E-state index < -0.39 is 15.6 Å². The first-order valence-electron chi connectivity index (χ1n) is 7.89. The molecule has 0 radical (unpaired) electrons. The van der Waals surface area contributed by atoms with E-state index in [2.05, 4.69) is 25.5 Å². The molecule has 1 N–H and O–H groups in total. The molecule has 1 aromatic carbocycles. The molecule has 0 atom stereocenters. The Hall–Kier alpha value is -0.330. The van der Waals surface area contributed by atoms with E-state index >= 15 is 0 Å². The van der Waals surface area contributed by atoms with Crippen LogP contribution in [0.5, 0.6) is 0 Å². The summed E-state index contributed by atoms with van der Waals surface area (Å²) in [5.41, 5.74) is -0.471. The summed E-state index contributed by atoms with van der Waals surface area (Å²) in [5, 5.41) is 0.576. The van der Waals surface area contributed by atoms with Crippen LogP contribution in [0.25, 0.3) is 0 Å². The van der Waals surface area contributed by atoms with Crippen LogP contribution in [0.1, 0.15) is 47.5 Å². The number of rotatable bonds is 8. The zero-order valence-electron chi connectivity index (χ0n) is 14.9. The second-order valence-electron chi connectivity index (χ2n) is 7.81. The lowest BCUT2D eigenvalue weighted by atomic mass is 9.98. The number of benzene rings is 1. The average molecular weight is 396 g/mol. The molecular weight excluding hydrogens is 369 g/mol. The summed E-state index contributed by atoms with van der Waals surface area (Å²) in [6.07, 6.45) is 1.42. The second kappa shape index (κ2) is 8.37. The molecule has 1 aromatic rings. The van der Waals surface area contributed by atoms with Crippen molar-refractivity contribution in [3.8, 4) is 0 Å². The van der Waals surface area contributed by atoms with Gasteiger partial charge in [0.25, 0.3) is 0 Å². The molecule has 0 heterocycles. The van der Waals surface area contributed by atoms with Gasteiger partial charge in [0.1, 0.15) is 0 Å². The van der Waals surface area contributed by atoms with Gasteiger partial charge in [0.05, 0.1) is 11.5 Å². The van der Waals surface area contributed by atoms with Crippen LogP contribution in [0.15, 0.2) is 23.1 Å². The SMILES string of the molecule is CC(C)(C)COCCCC(C)(C)NS(=O)(=O)c1cc(Cl)cc(Cl)c1. The summed E-state index contributed by atoms with van der Waals surface area (Å²) >= 11 is 11.8. The molecule has 0 aliphatic rings. The highest BCUT2D eigenvalue weighted by Gasteiger charge is 2.26. The molecule has 0 aliphatic heterocycles. The summed E-state index contributed by atoms with van der Waals surface area (Å²) in [4.78, 5) is 0.0667. The predicted molar refractivity (Wildman–Crippen MR) is 100 cm³/mol. The summed E-state index contributed by atoms with van der Waals surface area (Å²) in [7, 11) is -3.69. The molecule has 0 unspecified atom stereocenters. The van der Waals surface area contributed by atoms with Gasteiger partial charge in [-0.1, -0.05) is 44.0 Å². The van der Waals surface area contributed by atoms with E-state index in [9.17, 15) is 8.42 Å². The molecule has 0 aromatic heterocycles. The number of halogens is 2. The van der Waals surface area contributed by atoms with Crippen molar-refractivity contribution >= 4 is 33.2 Å². The van der Waals surface area contributed by atoms with Gasteiger partial charge >= 0.3 is 0 Å². The van der Waals surface area contributed by atoms with Crippen molar-refractivity contribution in [2.75, 3.05) is 13.2 Å². The van der Waals surface area contributed by atoms with E-state index in [4.69, 9.17) is 27.9 Å². The first-order valence-corrected chi connectivity index (χ1v) is 10.1. The van der Waals surface area contributed by atoms with Crippen LogP contribution in [0.2, 0.25) is 10.0 Å².